The summed E-state index contributed by atoms with van der Waals surface area (Å²) in [6, 6.07) is 10.6. The predicted octanol–water partition coefficient (Wildman–Crippen LogP) is 3.03. The summed E-state index contributed by atoms with van der Waals surface area (Å²) in [5.41, 5.74) is 1.72. The Labute approximate surface area is 189 Å². The molecule has 9 heteroatoms. The lowest BCUT2D eigenvalue weighted by molar-refractivity contribution is 0.0746. The van der Waals surface area contributed by atoms with Gasteiger partial charge in [0.2, 0.25) is 5.28 Å². The van der Waals surface area contributed by atoms with E-state index in [1.54, 1.807) is 41.3 Å². The Hall–Kier alpha value is -3.70. The van der Waals surface area contributed by atoms with Crippen molar-refractivity contribution in [2.45, 2.75) is 0 Å². The van der Waals surface area contributed by atoms with Crippen molar-refractivity contribution >= 4 is 23.3 Å². The number of pyridine rings is 1. The van der Waals surface area contributed by atoms with Crippen LogP contribution in [0.25, 0.3) is 0 Å². The fourth-order valence-corrected chi connectivity index (χ4v) is 3.50. The van der Waals surface area contributed by atoms with Crippen LogP contribution >= 0.6 is 11.6 Å². The maximum atomic E-state index is 14.1. The maximum absolute atomic E-state index is 14.1. The van der Waals surface area contributed by atoms with Gasteiger partial charge in [0.1, 0.15) is 11.4 Å². The molecule has 4 rings (SSSR count). The zero-order valence-electron chi connectivity index (χ0n) is 17.3. The molecule has 0 unspecified atom stereocenters. The number of nitrogens with zero attached hydrogens (tertiary/aromatic N) is 5. The minimum absolute atomic E-state index is 0.0162. The van der Waals surface area contributed by atoms with E-state index in [-0.39, 0.29) is 17.0 Å². The molecule has 1 aliphatic heterocycles. The molecule has 162 valence electrons. The summed E-state index contributed by atoms with van der Waals surface area (Å²) < 4.78 is 19.4. The highest BCUT2D eigenvalue weighted by Crippen LogP contribution is 2.22. The van der Waals surface area contributed by atoms with E-state index in [4.69, 9.17) is 16.3 Å². The van der Waals surface area contributed by atoms with E-state index in [0.29, 0.717) is 48.7 Å². The first-order chi connectivity index (χ1) is 15.5. The first kappa shape index (κ1) is 21.5. The number of halogens is 2. The van der Waals surface area contributed by atoms with Crippen molar-refractivity contribution in [3.8, 4) is 17.6 Å². The lowest BCUT2D eigenvalue weighted by Gasteiger charge is -2.35. The lowest BCUT2D eigenvalue weighted by Crippen LogP contribution is -2.49. The summed E-state index contributed by atoms with van der Waals surface area (Å²) in [5, 5.41) is -0.0162. The average Bonchev–Trinajstić information content (AvgIpc) is 2.84. The van der Waals surface area contributed by atoms with Gasteiger partial charge in [-0.15, -0.1) is 0 Å². The van der Waals surface area contributed by atoms with E-state index >= 15 is 0 Å². The SMILES string of the molecule is COc1ccc(C(=O)N2CCN(c3nc(Cl)ncc3F)CC2)cc1C#Cc1ccccn1. The molecule has 3 aromatic rings. The highest BCUT2D eigenvalue weighted by molar-refractivity contribution is 6.28. The molecular formula is C23H19ClFN5O2. The van der Waals surface area contributed by atoms with E-state index < -0.39 is 5.82 Å². The van der Waals surface area contributed by atoms with Gasteiger partial charge in [-0.25, -0.2) is 14.4 Å². The third-order valence-electron chi connectivity index (χ3n) is 5.00. The number of hydrogen-bond donors (Lipinski definition) is 0. The van der Waals surface area contributed by atoms with Gasteiger partial charge in [0.05, 0.1) is 18.9 Å². The molecule has 0 saturated carbocycles. The molecule has 1 aliphatic rings. The smallest absolute Gasteiger partial charge is 0.254 e. The first-order valence-electron chi connectivity index (χ1n) is 9.88. The van der Waals surface area contributed by atoms with Crippen LogP contribution in [0.15, 0.2) is 48.8 Å². The molecule has 1 fully saturated rings. The Morgan fingerprint density at radius 1 is 1.12 bits per heavy atom. The van der Waals surface area contributed by atoms with Crippen molar-refractivity contribution in [3.05, 3.63) is 76.7 Å². The van der Waals surface area contributed by atoms with Crippen molar-refractivity contribution < 1.29 is 13.9 Å². The molecule has 7 nitrogen and oxygen atoms in total. The second-order valence-electron chi connectivity index (χ2n) is 6.97. The minimum Gasteiger partial charge on any atom is -0.495 e. The number of methoxy groups -OCH3 is 1. The Bertz CT molecular complexity index is 1190. The van der Waals surface area contributed by atoms with Crippen LogP contribution in [-0.4, -0.2) is 59.0 Å². The molecule has 0 bridgehead atoms. The number of amides is 1. The van der Waals surface area contributed by atoms with E-state index in [1.807, 2.05) is 18.2 Å². The van der Waals surface area contributed by atoms with Crippen LogP contribution in [0.1, 0.15) is 21.6 Å². The molecule has 0 spiro atoms. The Balaban J connectivity index is 1.49. The van der Waals surface area contributed by atoms with Gasteiger partial charge in [0.15, 0.2) is 11.6 Å². The van der Waals surface area contributed by atoms with Crippen LogP contribution in [0, 0.1) is 17.7 Å². The molecule has 1 saturated heterocycles. The summed E-state index contributed by atoms with van der Waals surface area (Å²) in [5.74, 6) is 6.07. The molecule has 2 aromatic heterocycles. The Kier molecular flexibility index (Phi) is 6.47. The van der Waals surface area contributed by atoms with Crippen LogP contribution in [0.4, 0.5) is 10.2 Å². The molecular weight excluding hydrogens is 433 g/mol. The van der Waals surface area contributed by atoms with E-state index in [1.165, 1.54) is 0 Å². The van der Waals surface area contributed by atoms with E-state index in [9.17, 15) is 9.18 Å². The molecule has 0 aliphatic carbocycles. The van der Waals surface area contributed by atoms with Crippen LogP contribution in [0.2, 0.25) is 5.28 Å². The van der Waals surface area contributed by atoms with Gasteiger partial charge in [0.25, 0.3) is 5.91 Å². The molecule has 1 aromatic carbocycles. The Morgan fingerprint density at radius 3 is 2.66 bits per heavy atom. The number of aromatic nitrogens is 3. The van der Waals surface area contributed by atoms with Crippen LogP contribution in [-0.2, 0) is 0 Å². The van der Waals surface area contributed by atoms with Crippen molar-refractivity contribution in [2.75, 3.05) is 38.2 Å². The molecule has 32 heavy (non-hydrogen) atoms. The highest BCUT2D eigenvalue weighted by atomic mass is 35.5. The van der Waals surface area contributed by atoms with Gasteiger partial charge in [-0.1, -0.05) is 12.0 Å². The monoisotopic (exact) mass is 451 g/mol. The van der Waals surface area contributed by atoms with E-state index in [2.05, 4.69) is 26.8 Å². The summed E-state index contributed by atoms with van der Waals surface area (Å²) in [6.45, 7) is 1.69. The maximum Gasteiger partial charge on any atom is 0.254 e. The second kappa shape index (κ2) is 9.62. The topological polar surface area (TPSA) is 71.5 Å². The fraction of sp³-hybridized carbons (Fsp3) is 0.217. The van der Waals surface area contributed by atoms with E-state index in [0.717, 1.165) is 6.20 Å². The summed E-state index contributed by atoms with van der Waals surface area (Å²) in [4.78, 5) is 28.3. The summed E-state index contributed by atoms with van der Waals surface area (Å²) in [6.07, 6.45) is 2.72. The molecule has 0 atom stereocenters. The van der Waals surface area contributed by atoms with Crippen molar-refractivity contribution in [3.63, 3.8) is 0 Å². The number of benzene rings is 1. The Morgan fingerprint density at radius 2 is 1.94 bits per heavy atom. The minimum atomic E-state index is -0.541. The average molecular weight is 452 g/mol. The van der Waals surface area contributed by atoms with Crippen molar-refractivity contribution in [1.82, 2.24) is 19.9 Å². The standard InChI is InChI=1S/C23H19ClFN5O2/c1-32-20-8-6-17(14-16(20)5-7-18-4-2-3-9-26-18)22(31)30-12-10-29(11-13-30)21-19(25)15-27-23(24)28-21/h2-4,6,8-9,14-15H,10-13H2,1H3. The number of carbonyl (C=O) groups excluding carboxylic acids is 1. The zero-order valence-corrected chi connectivity index (χ0v) is 18.0. The summed E-state index contributed by atoms with van der Waals surface area (Å²) in [7, 11) is 1.56. The zero-order chi connectivity index (χ0) is 22.5. The van der Waals surface area contributed by atoms with Gasteiger partial charge in [-0.3, -0.25) is 4.79 Å². The third kappa shape index (κ3) is 4.79. The normalized spacial score (nSPS) is 13.3. The van der Waals surface area contributed by atoms with Gasteiger partial charge in [-0.05, 0) is 47.9 Å². The summed E-state index contributed by atoms with van der Waals surface area (Å²) >= 11 is 5.79. The quantitative estimate of drug-likeness (QED) is 0.450. The van der Waals surface area contributed by atoms with Crippen LogP contribution in [0.3, 0.4) is 0 Å². The lowest BCUT2D eigenvalue weighted by atomic mass is 10.1. The molecule has 3 heterocycles. The van der Waals surface area contributed by atoms with Gasteiger partial charge in [-0.2, -0.15) is 4.98 Å². The number of piperazine rings is 1. The second-order valence-corrected chi connectivity index (χ2v) is 7.31. The van der Waals surface area contributed by atoms with Gasteiger partial charge in [0, 0.05) is 37.9 Å². The number of hydrogen-bond acceptors (Lipinski definition) is 6. The molecule has 1 amide bonds. The van der Waals surface area contributed by atoms with Crippen molar-refractivity contribution in [2.24, 2.45) is 0 Å². The number of rotatable bonds is 3. The predicted molar refractivity (Wildman–Crippen MR) is 118 cm³/mol. The fourth-order valence-electron chi connectivity index (χ4n) is 3.37. The third-order valence-corrected chi connectivity index (χ3v) is 5.18. The van der Waals surface area contributed by atoms with Crippen LogP contribution < -0.4 is 9.64 Å². The first-order valence-corrected chi connectivity index (χ1v) is 10.3. The van der Waals surface area contributed by atoms with Crippen LogP contribution in [0.5, 0.6) is 5.75 Å². The number of ether oxygens (including phenoxy) is 1. The largest absolute Gasteiger partial charge is 0.495 e. The van der Waals surface area contributed by atoms with Crippen molar-refractivity contribution in [1.29, 1.82) is 0 Å². The van der Waals surface area contributed by atoms with Gasteiger partial charge < -0.3 is 14.5 Å². The highest BCUT2D eigenvalue weighted by Gasteiger charge is 2.25. The van der Waals surface area contributed by atoms with Gasteiger partial charge >= 0.3 is 0 Å². The number of anilines is 1. The molecule has 0 radical (unpaired) electrons. The number of carbonyl (C=O) groups is 1. The molecule has 0 N–H and O–H groups in total.